The lowest BCUT2D eigenvalue weighted by molar-refractivity contribution is -0.385. The molecule has 0 aliphatic rings. The summed E-state index contributed by atoms with van der Waals surface area (Å²) in [4.78, 5) is 14.8. The first kappa shape index (κ1) is 16.1. The second-order valence-electron chi connectivity index (χ2n) is 4.33. The van der Waals surface area contributed by atoms with Crippen LogP contribution in [0.3, 0.4) is 0 Å². The number of nitro groups is 1. The summed E-state index contributed by atoms with van der Waals surface area (Å²) in [6, 6.07) is 9.38. The zero-order chi connectivity index (χ0) is 16.1. The van der Waals surface area contributed by atoms with Crippen molar-refractivity contribution in [3.8, 4) is 5.75 Å². The van der Waals surface area contributed by atoms with Gasteiger partial charge in [-0.25, -0.2) is 4.39 Å². The fourth-order valence-corrected chi connectivity index (χ4v) is 2.32. The van der Waals surface area contributed by atoms with E-state index in [0.29, 0.717) is 10.0 Å². The van der Waals surface area contributed by atoms with Gasteiger partial charge in [0.1, 0.15) is 5.82 Å². The first-order valence-corrected chi connectivity index (χ1v) is 7.08. The molecule has 0 saturated carbocycles. The van der Waals surface area contributed by atoms with E-state index in [-0.39, 0.29) is 29.4 Å². The highest BCUT2D eigenvalue weighted by molar-refractivity contribution is 9.10. The van der Waals surface area contributed by atoms with Crippen LogP contribution in [0.15, 0.2) is 45.9 Å². The van der Waals surface area contributed by atoms with Crippen molar-refractivity contribution in [2.45, 2.75) is 6.54 Å². The van der Waals surface area contributed by atoms with Gasteiger partial charge in [-0.2, -0.15) is 0 Å². The van der Waals surface area contributed by atoms with Crippen LogP contribution in [0.1, 0.15) is 11.1 Å². The van der Waals surface area contributed by atoms with Crippen LogP contribution >= 0.6 is 15.9 Å². The lowest BCUT2D eigenvalue weighted by atomic mass is 10.1. The van der Waals surface area contributed by atoms with Crippen LogP contribution in [-0.2, 0) is 6.54 Å². The summed E-state index contributed by atoms with van der Waals surface area (Å²) in [6.07, 6.45) is 1.34. The van der Waals surface area contributed by atoms with Gasteiger partial charge in [0.05, 0.1) is 24.1 Å². The lowest BCUT2D eigenvalue weighted by Gasteiger charge is -2.06. The van der Waals surface area contributed by atoms with E-state index < -0.39 is 4.92 Å². The first-order valence-electron chi connectivity index (χ1n) is 6.28. The first-order chi connectivity index (χ1) is 10.5. The second-order valence-corrected chi connectivity index (χ2v) is 5.18. The molecule has 2 aromatic carbocycles. The fraction of sp³-hybridized carbons (Fsp3) is 0.133. The molecule has 0 amide bonds. The molecule has 0 aromatic heterocycles. The highest BCUT2D eigenvalue weighted by Gasteiger charge is 2.22. The van der Waals surface area contributed by atoms with Gasteiger partial charge in [-0.05, 0) is 34.1 Å². The average Bonchev–Trinajstić information content (AvgIpc) is 2.50. The Hall–Kier alpha value is -2.28. The maximum Gasteiger partial charge on any atom is 0.320 e. The number of benzene rings is 2. The molecule has 5 nitrogen and oxygen atoms in total. The summed E-state index contributed by atoms with van der Waals surface area (Å²) >= 11 is 3.25. The number of halogens is 2. The number of rotatable bonds is 5. The highest BCUT2D eigenvalue weighted by atomic mass is 79.9. The van der Waals surface area contributed by atoms with E-state index in [1.54, 1.807) is 24.3 Å². The van der Waals surface area contributed by atoms with Crippen LogP contribution in [0.2, 0.25) is 0 Å². The van der Waals surface area contributed by atoms with Crippen molar-refractivity contribution < 1.29 is 14.1 Å². The van der Waals surface area contributed by atoms with Crippen molar-refractivity contribution in [1.82, 2.24) is 0 Å². The van der Waals surface area contributed by atoms with Crippen LogP contribution in [-0.4, -0.2) is 18.2 Å². The molecule has 2 aromatic rings. The molecule has 0 spiro atoms. The lowest BCUT2D eigenvalue weighted by Crippen LogP contribution is -2.00. The van der Waals surface area contributed by atoms with Gasteiger partial charge in [-0.3, -0.25) is 15.1 Å². The summed E-state index contributed by atoms with van der Waals surface area (Å²) in [5.74, 6) is -0.223. The molecule has 0 unspecified atom stereocenters. The Morgan fingerprint density at radius 1 is 1.36 bits per heavy atom. The Morgan fingerprint density at radius 3 is 2.73 bits per heavy atom. The van der Waals surface area contributed by atoms with E-state index in [2.05, 4.69) is 20.9 Å². The number of hydrogen-bond acceptors (Lipinski definition) is 4. The van der Waals surface area contributed by atoms with Crippen molar-refractivity contribution in [2.75, 3.05) is 7.11 Å². The molecule has 2 rings (SSSR count). The predicted molar refractivity (Wildman–Crippen MR) is 85.0 cm³/mol. The topological polar surface area (TPSA) is 64.7 Å². The smallest absolute Gasteiger partial charge is 0.320 e. The Morgan fingerprint density at radius 2 is 2.09 bits per heavy atom. The molecule has 0 bridgehead atoms. The van der Waals surface area contributed by atoms with Gasteiger partial charge in [-0.1, -0.05) is 18.2 Å². The van der Waals surface area contributed by atoms with Crippen LogP contribution in [0.5, 0.6) is 5.75 Å². The van der Waals surface area contributed by atoms with Gasteiger partial charge in [0.25, 0.3) is 0 Å². The average molecular weight is 367 g/mol. The third kappa shape index (κ3) is 3.48. The molecule has 0 saturated heterocycles. The number of ether oxygens (including phenoxy) is 1. The summed E-state index contributed by atoms with van der Waals surface area (Å²) in [5.41, 5.74) is 0.510. The summed E-state index contributed by atoms with van der Waals surface area (Å²) in [5, 5.41) is 11.2. The van der Waals surface area contributed by atoms with Crippen molar-refractivity contribution in [3.05, 3.63) is 67.9 Å². The van der Waals surface area contributed by atoms with Crippen molar-refractivity contribution in [3.63, 3.8) is 0 Å². The van der Waals surface area contributed by atoms with Crippen molar-refractivity contribution in [2.24, 2.45) is 4.99 Å². The minimum atomic E-state index is -0.534. The van der Waals surface area contributed by atoms with E-state index >= 15 is 0 Å². The predicted octanol–water partition coefficient (Wildman–Crippen LogP) is 4.12. The molecule has 22 heavy (non-hydrogen) atoms. The van der Waals surface area contributed by atoms with E-state index in [4.69, 9.17) is 4.74 Å². The van der Waals surface area contributed by atoms with Crippen molar-refractivity contribution in [1.29, 1.82) is 0 Å². The molecule has 0 fully saturated rings. The Kier molecular flexibility index (Phi) is 5.21. The number of nitro benzene ring substituents is 1. The minimum Gasteiger partial charge on any atom is -0.490 e. The van der Waals surface area contributed by atoms with Crippen LogP contribution in [0, 0.1) is 15.9 Å². The van der Waals surface area contributed by atoms with Gasteiger partial charge in [-0.15, -0.1) is 0 Å². The van der Waals surface area contributed by atoms with E-state index in [0.717, 1.165) is 0 Å². The van der Waals surface area contributed by atoms with Gasteiger partial charge >= 0.3 is 5.69 Å². The zero-order valence-corrected chi connectivity index (χ0v) is 13.2. The molecular formula is C15H12BrFN2O3. The quantitative estimate of drug-likeness (QED) is 0.454. The van der Waals surface area contributed by atoms with Crippen LogP contribution in [0.4, 0.5) is 10.1 Å². The normalized spacial score (nSPS) is 10.9. The number of methoxy groups -OCH3 is 1. The summed E-state index contributed by atoms with van der Waals surface area (Å²) < 4.78 is 19.0. The SMILES string of the molecule is COc1ccc(Br)c(C=NCc2ccccc2F)c1[N+](=O)[O-]. The summed E-state index contributed by atoms with van der Waals surface area (Å²) in [7, 11) is 1.36. The van der Waals surface area contributed by atoms with Gasteiger partial charge in [0, 0.05) is 16.3 Å². The molecular weight excluding hydrogens is 355 g/mol. The minimum absolute atomic E-state index is 0.0908. The molecule has 0 radical (unpaired) electrons. The standard InChI is InChI=1S/C15H12BrFN2O3/c1-22-14-7-6-12(16)11(15(14)19(20)21)9-18-8-10-4-2-3-5-13(10)17/h2-7,9H,8H2,1H3. The maximum absolute atomic E-state index is 13.5. The number of aliphatic imine (C=N–C) groups is 1. The van der Waals surface area contributed by atoms with E-state index in [1.807, 2.05) is 0 Å². The van der Waals surface area contributed by atoms with Gasteiger partial charge in [0.15, 0.2) is 5.75 Å². The molecule has 0 aliphatic carbocycles. The highest BCUT2D eigenvalue weighted by Crippen LogP contribution is 2.34. The Labute approximate surface area is 134 Å². The second kappa shape index (κ2) is 7.13. The monoisotopic (exact) mass is 366 g/mol. The molecule has 0 N–H and O–H groups in total. The largest absolute Gasteiger partial charge is 0.490 e. The maximum atomic E-state index is 13.5. The van der Waals surface area contributed by atoms with E-state index in [9.17, 15) is 14.5 Å². The number of nitrogens with zero attached hydrogens (tertiary/aromatic N) is 2. The van der Waals surface area contributed by atoms with Crippen LogP contribution < -0.4 is 4.74 Å². The third-order valence-corrected chi connectivity index (χ3v) is 3.66. The molecule has 0 atom stereocenters. The summed E-state index contributed by atoms with van der Waals surface area (Å²) in [6.45, 7) is 0.0908. The van der Waals surface area contributed by atoms with Crippen LogP contribution in [0.25, 0.3) is 0 Å². The van der Waals surface area contributed by atoms with Crippen molar-refractivity contribution >= 4 is 27.8 Å². The molecule has 7 heteroatoms. The number of hydrogen-bond donors (Lipinski definition) is 0. The third-order valence-electron chi connectivity index (χ3n) is 2.97. The van der Waals surface area contributed by atoms with Gasteiger partial charge in [0.2, 0.25) is 0 Å². The molecule has 0 heterocycles. The fourth-order valence-electron chi connectivity index (χ4n) is 1.90. The Bertz CT molecular complexity index is 735. The molecule has 0 aliphatic heterocycles. The Balaban J connectivity index is 2.35. The van der Waals surface area contributed by atoms with E-state index in [1.165, 1.54) is 25.5 Å². The molecule has 114 valence electrons. The van der Waals surface area contributed by atoms with Gasteiger partial charge < -0.3 is 4.74 Å². The zero-order valence-electron chi connectivity index (χ0n) is 11.6.